The Morgan fingerprint density at radius 1 is 1.35 bits per heavy atom. The summed E-state index contributed by atoms with van der Waals surface area (Å²) in [5.41, 5.74) is 1.24. The molecule has 1 heterocycles. The zero-order valence-electron chi connectivity index (χ0n) is 14.2. The number of carbonyl (C=O) groups excluding carboxylic acids is 1. The van der Waals surface area contributed by atoms with Crippen LogP contribution in [0, 0.1) is 5.92 Å². The van der Waals surface area contributed by atoms with Crippen LogP contribution in [-0.2, 0) is 11.3 Å². The molecule has 23 heavy (non-hydrogen) atoms. The molecule has 5 heteroatoms. The van der Waals surface area contributed by atoms with Gasteiger partial charge < -0.3 is 10.2 Å². The maximum absolute atomic E-state index is 12.2. The van der Waals surface area contributed by atoms with Crippen LogP contribution in [0.2, 0.25) is 5.02 Å². The molecule has 1 aromatic carbocycles. The molecule has 128 valence electrons. The Labute approximate surface area is 144 Å². The van der Waals surface area contributed by atoms with Crippen molar-refractivity contribution in [2.24, 2.45) is 5.92 Å². The molecule has 0 unspecified atom stereocenters. The molecule has 1 aliphatic heterocycles. The van der Waals surface area contributed by atoms with E-state index in [1.807, 2.05) is 18.2 Å². The van der Waals surface area contributed by atoms with Gasteiger partial charge in [0.1, 0.15) is 0 Å². The number of piperidine rings is 1. The van der Waals surface area contributed by atoms with E-state index in [0.29, 0.717) is 0 Å². The topological polar surface area (TPSA) is 35.6 Å². The van der Waals surface area contributed by atoms with Crippen LogP contribution < -0.4 is 5.32 Å². The van der Waals surface area contributed by atoms with Crippen molar-refractivity contribution in [3.63, 3.8) is 0 Å². The van der Waals surface area contributed by atoms with Crippen molar-refractivity contribution in [1.29, 1.82) is 0 Å². The predicted molar refractivity (Wildman–Crippen MR) is 95.6 cm³/mol. The van der Waals surface area contributed by atoms with Crippen LogP contribution in [0.25, 0.3) is 0 Å². The molecule has 0 aromatic heterocycles. The van der Waals surface area contributed by atoms with Crippen LogP contribution in [-0.4, -0.2) is 56.0 Å². The molecule has 0 atom stereocenters. The molecule has 0 bridgehead atoms. The molecular weight excluding hydrogens is 310 g/mol. The predicted octanol–water partition coefficient (Wildman–Crippen LogP) is 2.62. The third-order valence-electron chi connectivity index (χ3n) is 4.33. The quantitative estimate of drug-likeness (QED) is 0.777. The average molecular weight is 338 g/mol. The molecule has 1 aliphatic rings. The second-order valence-electron chi connectivity index (χ2n) is 6.63. The van der Waals surface area contributed by atoms with E-state index in [2.05, 4.69) is 35.3 Å². The number of rotatable bonds is 7. The van der Waals surface area contributed by atoms with E-state index in [0.717, 1.165) is 57.0 Å². The van der Waals surface area contributed by atoms with Gasteiger partial charge in [0.15, 0.2) is 0 Å². The lowest BCUT2D eigenvalue weighted by molar-refractivity contribution is -0.126. The standard InChI is InChI=1S/C18H28ClN3O/c1-21(2)10-4-9-20-18(23)16-7-11-22(12-8-16)14-15-5-3-6-17(19)13-15/h3,5-6,13,16H,4,7-12,14H2,1-2H3,(H,20,23). The Kier molecular flexibility index (Phi) is 7.34. The largest absolute Gasteiger partial charge is 0.356 e. The van der Waals surface area contributed by atoms with E-state index < -0.39 is 0 Å². The number of halogens is 1. The third-order valence-corrected chi connectivity index (χ3v) is 4.57. The first-order chi connectivity index (χ1) is 11.0. The Balaban J connectivity index is 1.68. The van der Waals surface area contributed by atoms with Gasteiger partial charge in [0.25, 0.3) is 0 Å². The molecule has 1 amide bonds. The molecule has 1 fully saturated rings. The van der Waals surface area contributed by atoms with Crippen molar-refractivity contribution < 1.29 is 4.79 Å². The summed E-state index contributed by atoms with van der Waals surface area (Å²) < 4.78 is 0. The average Bonchev–Trinajstić information content (AvgIpc) is 2.52. The van der Waals surface area contributed by atoms with Crippen molar-refractivity contribution in [2.75, 3.05) is 40.3 Å². The monoisotopic (exact) mass is 337 g/mol. The fourth-order valence-corrected chi connectivity index (χ4v) is 3.21. The number of likely N-dealkylation sites (tertiary alicyclic amines) is 1. The number of hydrogen-bond acceptors (Lipinski definition) is 3. The van der Waals surface area contributed by atoms with Gasteiger partial charge in [-0.2, -0.15) is 0 Å². The summed E-state index contributed by atoms with van der Waals surface area (Å²) in [5.74, 6) is 0.399. The molecule has 1 saturated heterocycles. The van der Waals surface area contributed by atoms with Gasteiger partial charge in [0, 0.05) is 24.0 Å². The fourth-order valence-electron chi connectivity index (χ4n) is 3.00. The minimum atomic E-state index is 0.171. The Morgan fingerprint density at radius 2 is 2.09 bits per heavy atom. The second-order valence-corrected chi connectivity index (χ2v) is 7.06. The van der Waals surface area contributed by atoms with E-state index in [4.69, 9.17) is 11.6 Å². The number of nitrogens with zero attached hydrogens (tertiary/aromatic N) is 2. The lowest BCUT2D eigenvalue weighted by Crippen LogP contribution is -2.40. The van der Waals surface area contributed by atoms with Crippen LogP contribution in [0.3, 0.4) is 0 Å². The van der Waals surface area contributed by atoms with Gasteiger partial charge >= 0.3 is 0 Å². The summed E-state index contributed by atoms with van der Waals surface area (Å²) in [4.78, 5) is 16.7. The Bertz CT molecular complexity index is 499. The highest BCUT2D eigenvalue weighted by Gasteiger charge is 2.24. The zero-order chi connectivity index (χ0) is 16.7. The van der Waals surface area contributed by atoms with Crippen molar-refractivity contribution in [1.82, 2.24) is 15.1 Å². The molecular formula is C18H28ClN3O. The van der Waals surface area contributed by atoms with Gasteiger partial charge in [-0.3, -0.25) is 9.69 Å². The van der Waals surface area contributed by atoms with Crippen LogP contribution in [0.4, 0.5) is 0 Å². The van der Waals surface area contributed by atoms with E-state index in [1.54, 1.807) is 0 Å². The lowest BCUT2D eigenvalue weighted by atomic mass is 9.95. The second kappa shape index (κ2) is 9.26. The summed E-state index contributed by atoms with van der Waals surface area (Å²) in [6.07, 6.45) is 2.90. The molecule has 0 aliphatic carbocycles. The van der Waals surface area contributed by atoms with Crippen LogP contribution in [0.15, 0.2) is 24.3 Å². The van der Waals surface area contributed by atoms with E-state index in [-0.39, 0.29) is 11.8 Å². The minimum absolute atomic E-state index is 0.171. The van der Waals surface area contributed by atoms with Gasteiger partial charge in [-0.1, -0.05) is 23.7 Å². The van der Waals surface area contributed by atoms with Crippen LogP contribution in [0.5, 0.6) is 0 Å². The summed E-state index contributed by atoms with van der Waals surface area (Å²) in [6, 6.07) is 8.02. The first-order valence-electron chi connectivity index (χ1n) is 8.44. The number of carbonyl (C=O) groups is 1. The number of benzene rings is 1. The summed E-state index contributed by atoms with van der Waals surface area (Å²) in [5, 5.41) is 3.86. The van der Waals surface area contributed by atoms with E-state index in [1.165, 1.54) is 5.56 Å². The first kappa shape index (κ1) is 18.2. The van der Waals surface area contributed by atoms with Gasteiger partial charge in [0.2, 0.25) is 5.91 Å². The SMILES string of the molecule is CN(C)CCCNC(=O)C1CCN(Cc2cccc(Cl)c2)CC1. The summed E-state index contributed by atoms with van der Waals surface area (Å²) in [7, 11) is 4.11. The van der Waals surface area contributed by atoms with Gasteiger partial charge in [-0.05, 0) is 70.7 Å². The Morgan fingerprint density at radius 3 is 2.74 bits per heavy atom. The first-order valence-corrected chi connectivity index (χ1v) is 8.81. The molecule has 0 spiro atoms. The van der Waals surface area contributed by atoms with Gasteiger partial charge in [-0.25, -0.2) is 0 Å². The van der Waals surface area contributed by atoms with E-state index in [9.17, 15) is 4.79 Å². The molecule has 0 saturated carbocycles. The molecule has 4 nitrogen and oxygen atoms in total. The lowest BCUT2D eigenvalue weighted by Gasteiger charge is -2.31. The van der Waals surface area contributed by atoms with Crippen molar-refractivity contribution >= 4 is 17.5 Å². The van der Waals surface area contributed by atoms with Gasteiger partial charge in [0.05, 0.1) is 0 Å². The highest BCUT2D eigenvalue weighted by Crippen LogP contribution is 2.20. The molecule has 1 aromatic rings. The fraction of sp³-hybridized carbons (Fsp3) is 0.611. The van der Waals surface area contributed by atoms with Crippen molar-refractivity contribution in [3.05, 3.63) is 34.9 Å². The molecule has 0 radical (unpaired) electrons. The number of amides is 1. The van der Waals surface area contributed by atoms with Crippen molar-refractivity contribution in [2.45, 2.75) is 25.8 Å². The highest BCUT2D eigenvalue weighted by atomic mass is 35.5. The van der Waals surface area contributed by atoms with E-state index >= 15 is 0 Å². The Hall–Kier alpha value is -1.10. The van der Waals surface area contributed by atoms with Crippen molar-refractivity contribution in [3.8, 4) is 0 Å². The summed E-state index contributed by atoms with van der Waals surface area (Å²) >= 11 is 6.03. The van der Waals surface area contributed by atoms with Crippen LogP contribution >= 0.6 is 11.6 Å². The van der Waals surface area contributed by atoms with Gasteiger partial charge in [-0.15, -0.1) is 0 Å². The summed E-state index contributed by atoms with van der Waals surface area (Å²) in [6.45, 7) is 4.65. The third kappa shape index (κ3) is 6.50. The minimum Gasteiger partial charge on any atom is -0.356 e. The molecule has 2 rings (SSSR count). The smallest absolute Gasteiger partial charge is 0.223 e. The maximum Gasteiger partial charge on any atom is 0.223 e. The zero-order valence-corrected chi connectivity index (χ0v) is 15.0. The normalized spacial score (nSPS) is 16.7. The molecule has 1 N–H and O–H groups in total. The number of hydrogen-bond donors (Lipinski definition) is 1. The maximum atomic E-state index is 12.2. The van der Waals surface area contributed by atoms with Crippen LogP contribution in [0.1, 0.15) is 24.8 Å². The highest BCUT2D eigenvalue weighted by molar-refractivity contribution is 6.30. The number of nitrogens with one attached hydrogen (secondary N) is 1.